The average molecular weight is 411 g/mol. The molecule has 1 aromatic carbocycles. The maximum atomic E-state index is 13.3. The Morgan fingerprint density at radius 3 is 2.60 bits per heavy atom. The monoisotopic (exact) mass is 411 g/mol. The lowest BCUT2D eigenvalue weighted by molar-refractivity contribution is 0.508. The lowest BCUT2D eigenvalue weighted by atomic mass is 10.1. The van der Waals surface area contributed by atoms with E-state index in [1.807, 2.05) is 26.8 Å². The van der Waals surface area contributed by atoms with Crippen LogP contribution in [0.3, 0.4) is 0 Å². The van der Waals surface area contributed by atoms with Crippen molar-refractivity contribution in [2.75, 3.05) is 12.3 Å². The Morgan fingerprint density at radius 1 is 1.35 bits per heavy atom. The Bertz CT molecular complexity index is 433. The predicted octanol–water partition coefficient (Wildman–Crippen LogP) is 3.38. The van der Waals surface area contributed by atoms with Crippen LogP contribution in [0.1, 0.15) is 26.3 Å². The minimum absolute atomic E-state index is 0. The highest BCUT2D eigenvalue weighted by Gasteiger charge is 2.09. The van der Waals surface area contributed by atoms with Gasteiger partial charge in [-0.25, -0.2) is 4.39 Å². The molecule has 0 saturated heterocycles. The molecule has 0 spiro atoms. The predicted molar refractivity (Wildman–Crippen MR) is 97.4 cm³/mol. The van der Waals surface area contributed by atoms with Crippen molar-refractivity contribution < 1.29 is 4.39 Å². The number of hydrogen-bond donors (Lipinski definition) is 2. The fourth-order valence-corrected chi connectivity index (χ4v) is 2.27. The molecule has 0 aromatic heterocycles. The van der Waals surface area contributed by atoms with Crippen molar-refractivity contribution in [3.63, 3.8) is 0 Å². The van der Waals surface area contributed by atoms with Crippen LogP contribution in [0.25, 0.3) is 0 Å². The summed E-state index contributed by atoms with van der Waals surface area (Å²) >= 11 is 1.65. The zero-order valence-electron chi connectivity index (χ0n) is 12.1. The van der Waals surface area contributed by atoms with Crippen molar-refractivity contribution in [1.82, 2.24) is 5.32 Å². The minimum atomic E-state index is -0.146. The molecular formula is C14H23FIN3S. The third-order valence-electron chi connectivity index (χ3n) is 2.24. The first-order chi connectivity index (χ1) is 8.88. The molecule has 6 heteroatoms. The van der Waals surface area contributed by atoms with E-state index in [1.54, 1.807) is 23.9 Å². The number of nitrogens with two attached hydrogens (primary N) is 1. The van der Waals surface area contributed by atoms with E-state index in [0.717, 1.165) is 11.3 Å². The van der Waals surface area contributed by atoms with E-state index < -0.39 is 0 Å². The van der Waals surface area contributed by atoms with Crippen molar-refractivity contribution in [3.8, 4) is 0 Å². The van der Waals surface area contributed by atoms with Crippen molar-refractivity contribution in [3.05, 3.63) is 35.6 Å². The SMILES string of the molecule is CC(C)(C)NC(N)=NCCSCc1ccccc1F.I. The molecule has 20 heavy (non-hydrogen) atoms. The van der Waals surface area contributed by atoms with Crippen LogP contribution in [0.2, 0.25) is 0 Å². The van der Waals surface area contributed by atoms with E-state index in [0.29, 0.717) is 18.3 Å². The van der Waals surface area contributed by atoms with Gasteiger partial charge in [-0.2, -0.15) is 11.8 Å². The van der Waals surface area contributed by atoms with E-state index in [-0.39, 0.29) is 35.3 Å². The maximum absolute atomic E-state index is 13.3. The lowest BCUT2D eigenvalue weighted by Gasteiger charge is -2.20. The summed E-state index contributed by atoms with van der Waals surface area (Å²) in [5.74, 6) is 1.79. The highest BCUT2D eigenvalue weighted by molar-refractivity contribution is 14.0. The van der Waals surface area contributed by atoms with Crippen molar-refractivity contribution in [1.29, 1.82) is 0 Å². The normalized spacial score (nSPS) is 11.9. The van der Waals surface area contributed by atoms with Gasteiger partial charge in [0.05, 0.1) is 6.54 Å². The highest BCUT2D eigenvalue weighted by atomic mass is 127. The maximum Gasteiger partial charge on any atom is 0.189 e. The van der Waals surface area contributed by atoms with Gasteiger partial charge in [-0.3, -0.25) is 4.99 Å². The van der Waals surface area contributed by atoms with Gasteiger partial charge in [0, 0.05) is 17.0 Å². The minimum Gasteiger partial charge on any atom is -0.370 e. The van der Waals surface area contributed by atoms with Crippen molar-refractivity contribution in [2.45, 2.75) is 32.1 Å². The molecule has 0 aliphatic carbocycles. The zero-order chi connectivity index (χ0) is 14.3. The molecule has 1 aromatic rings. The quantitative estimate of drug-likeness (QED) is 0.338. The molecule has 114 valence electrons. The molecule has 0 amide bonds. The van der Waals surface area contributed by atoms with Gasteiger partial charge in [0.15, 0.2) is 5.96 Å². The largest absolute Gasteiger partial charge is 0.370 e. The molecule has 0 fully saturated rings. The number of aliphatic imine (C=N–C) groups is 1. The number of halogens is 2. The van der Waals surface area contributed by atoms with Gasteiger partial charge in [-0.1, -0.05) is 18.2 Å². The summed E-state index contributed by atoms with van der Waals surface area (Å²) in [6.45, 7) is 6.72. The van der Waals surface area contributed by atoms with Crippen LogP contribution in [0.5, 0.6) is 0 Å². The number of hydrogen-bond acceptors (Lipinski definition) is 2. The first kappa shape index (κ1) is 19.5. The molecule has 0 aliphatic heterocycles. The number of benzene rings is 1. The fourth-order valence-electron chi connectivity index (χ4n) is 1.45. The highest BCUT2D eigenvalue weighted by Crippen LogP contribution is 2.14. The van der Waals surface area contributed by atoms with Crippen LogP contribution in [-0.2, 0) is 5.75 Å². The van der Waals surface area contributed by atoms with Gasteiger partial charge >= 0.3 is 0 Å². The van der Waals surface area contributed by atoms with Crippen LogP contribution in [-0.4, -0.2) is 23.8 Å². The molecular weight excluding hydrogens is 388 g/mol. The Labute approximate surface area is 142 Å². The van der Waals surface area contributed by atoms with Gasteiger partial charge in [0.1, 0.15) is 5.82 Å². The molecule has 0 heterocycles. The summed E-state index contributed by atoms with van der Waals surface area (Å²) in [7, 11) is 0. The van der Waals surface area contributed by atoms with E-state index in [4.69, 9.17) is 5.73 Å². The van der Waals surface area contributed by atoms with Crippen LogP contribution in [0.4, 0.5) is 4.39 Å². The van der Waals surface area contributed by atoms with Crippen LogP contribution < -0.4 is 11.1 Å². The Balaban J connectivity index is 0.00000361. The van der Waals surface area contributed by atoms with E-state index >= 15 is 0 Å². The lowest BCUT2D eigenvalue weighted by Crippen LogP contribution is -2.45. The first-order valence-electron chi connectivity index (χ1n) is 6.28. The van der Waals surface area contributed by atoms with Gasteiger partial charge in [-0.05, 0) is 32.4 Å². The van der Waals surface area contributed by atoms with Crippen LogP contribution in [0.15, 0.2) is 29.3 Å². The molecule has 0 aliphatic rings. The number of thioether (sulfide) groups is 1. The van der Waals surface area contributed by atoms with Gasteiger partial charge < -0.3 is 11.1 Å². The van der Waals surface area contributed by atoms with Gasteiger partial charge in [-0.15, -0.1) is 24.0 Å². The summed E-state index contributed by atoms with van der Waals surface area (Å²) in [5, 5.41) is 3.10. The third kappa shape index (κ3) is 8.63. The second kappa shape index (κ2) is 9.44. The van der Waals surface area contributed by atoms with Gasteiger partial charge in [0.2, 0.25) is 0 Å². The Kier molecular flexibility index (Phi) is 9.20. The van der Waals surface area contributed by atoms with Crippen LogP contribution >= 0.6 is 35.7 Å². The summed E-state index contributed by atoms with van der Waals surface area (Å²) in [4.78, 5) is 4.23. The van der Waals surface area contributed by atoms with Gasteiger partial charge in [0.25, 0.3) is 0 Å². The molecule has 1 rings (SSSR count). The summed E-state index contributed by atoms with van der Waals surface area (Å²) in [6, 6.07) is 6.84. The fraction of sp³-hybridized carbons (Fsp3) is 0.500. The van der Waals surface area contributed by atoms with Crippen molar-refractivity contribution >= 4 is 41.7 Å². The van der Waals surface area contributed by atoms with Crippen molar-refractivity contribution in [2.24, 2.45) is 10.7 Å². The number of rotatable bonds is 5. The molecule has 0 unspecified atom stereocenters. The summed E-state index contributed by atoms with van der Waals surface area (Å²) in [5.41, 5.74) is 6.41. The first-order valence-corrected chi connectivity index (χ1v) is 7.43. The average Bonchev–Trinajstić information content (AvgIpc) is 2.28. The number of nitrogens with zero attached hydrogens (tertiary/aromatic N) is 1. The Morgan fingerprint density at radius 2 is 2.00 bits per heavy atom. The molecule has 3 N–H and O–H groups in total. The zero-order valence-corrected chi connectivity index (χ0v) is 15.3. The van der Waals surface area contributed by atoms with E-state index in [2.05, 4.69) is 10.3 Å². The van der Waals surface area contributed by atoms with Crippen LogP contribution in [0, 0.1) is 5.82 Å². The molecule has 3 nitrogen and oxygen atoms in total. The second-order valence-electron chi connectivity index (χ2n) is 5.29. The summed E-state index contributed by atoms with van der Waals surface area (Å²) in [6.07, 6.45) is 0. The number of nitrogens with one attached hydrogen (secondary N) is 1. The third-order valence-corrected chi connectivity index (χ3v) is 3.22. The second-order valence-corrected chi connectivity index (χ2v) is 6.39. The molecule has 0 radical (unpaired) electrons. The molecule has 0 bridgehead atoms. The Hall–Kier alpha value is -0.500. The smallest absolute Gasteiger partial charge is 0.189 e. The standard InChI is InChI=1S/C14H22FN3S.HI/c1-14(2,3)18-13(16)17-8-9-19-10-11-6-4-5-7-12(11)15;/h4-7H,8-10H2,1-3H3,(H3,16,17,18);1H. The van der Waals surface area contributed by atoms with E-state index in [9.17, 15) is 4.39 Å². The summed E-state index contributed by atoms with van der Waals surface area (Å²) < 4.78 is 13.3. The topological polar surface area (TPSA) is 50.4 Å². The van der Waals surface area contributed by atoms with E-state index in [1.165, 1.54) is 6.07 Å². The molecule has 0 saturated carbocycles. The number of guanidine groups is 1. The molecule has 0 atom stereocenters.